The van der Waals surface area contributed by atoms with Crippen LogP contribution < -0.4 is 0 Å². The lowest BCUT2D eigenvalue weighted by molar-refractivity contribution is 1.39. The van der Waals surface area contributed by atoms with Gasteiger partial charge in [0.2, 0.25) is 0 Å². The maximum atomic E-state index is 3.66. The molecule has 0 amide bonds. The van der Waals surface area contributed by atoms with Crippen molar-refractivity contribution in [2.75, 3.05) is 0 Å². The average molecular weight is 345 g/mol. The highest BCUT2D eigenvalue weighted by Gasteiger charge is 2.13. The molecule has 0 aliphatic carbocycles. The lowest BCUT2D eigenvalue weighted by Gasteiger charge is -2.06. The monoisotopic (exact) mass is 345 g/mol. The van der Waals surface area contributed by atoms with Crippen LogP contribution in [-0.2, 0) is 0 Å². The minimum atomic E-state index is 1.14. The number of H-pyrrole nitrogens is 1. The summed E-state index contributed by atoms with van der Waals surface area (Å²) in [5.41, 5.74) is 7.14. The molecule has 0 saturated carbocycles. The van der Waals surface area contributed by atoms with Crippen LogP contribution in [0.1, 0.15) is 0 Å². The molecule has 0 saturated heterocycles. The summed E-state index contributed by atoms with van der Waals surface area (Å²) < 4.78 is 0. The Hall–Kier alpha value is -3.58. The van der Waals surface area contributed by atoms with Crippen molar-refractivity contribution in [3.05, 3.63) is 109 Å². The zero-order chi connectivity index (χ0) is 18.1. The molecular formula is C26H19N. The van der Waals surface area contributed by atoms with E-state index in [0.29, 0.717) is 0 Å². The highest BCUT2D eigenvalue weighted by molar-refractivity contribution is 5.92. The first-order chi connectivity index (χ1) is 13.4. The normalized spacial score (nSPS) is 11.0. The van der Waals surface area contributed by atoms with E-state index in [1.54, 1.807) is 0 Å². The molecule has 1 aromatic heterocycles. The number of aromatic nitrogens is 1. The molecule has 0 unspecified atom stereocenters. The van der Waals surface area contributed by atoms with Gasteiger partial charge in [-0.25, -0.2) is 0 Å². The average Bonchev–Trinajstić information content (AvgIpc) is 3.20. The summed E-state index contributed by atoms with van der Waals surface area (Å²) in [5, 5.41) is 2.53. The van der Waals surface area contributed by atoms with E-state index in [1.165, 1.54) is 33.0 Å². The molecule has 1 heterocycles. The third-order valence-electron chi connectivity index (χ3n) is 5.03. The Morgan fingerprint density at radius 1 is 0.444 bits per heavy atom. The van der Waals surface area contributed by atoms with Gasteiger partial charge in [0.05, 0.1) is 5.69 Å². The van der Waals surface area contributed by atoms with Crippen LogP contribution in [-0.4, -0.2) is 4.98 Å². The number of rotatable bonds is 3. The molecule has 5 aromatic rings. The summed E-state index contributed by atoms with van der Waals surface area (Å²) in [7, 11) is 0. The van der Waals surface area contributed by atoms with Crippen LogP contribution in [0.3, 0.4) is 0 Å². The van der Waals surface area contributed by atoms with Crippen LogP contribution in [0.4, 0.5) is 0 Å². The van der Waals surface area contributed by atoms with Crippen molar-refractivity contribution in [3.63, 3.8) is 0 Å². The number of hydrogen-bond acceptors (Lipinski definition) is 0. The van der Waals surface area contributed by atoms with Crippen molar-refractivity contribution in [1.29, 1.82) is 0 Å². The van der Waals surface area contributed by atoms with E-state index < -0.39 is 0 Å². The molecule has 27 heavy (non-hydrogen) atoms. The van der Waals surface area contributed by atoms with Gasteiger partial charge in [-0.3, -0.25) is 0 Å². The Balaban J connectivity index is 1.73. The summed E-state index contributed by atoms with van der Waals surface area (Å²) in [5.74, 6) is 0. The van der Waals surface area contributed by atoms with Crippen molar-refractivity contribution >= 4 is 10.8 Å². The van der Waals surface area contributed by atoms with Gasteiger partial charge < -0.3 is 4.98 Å². The van der Waals surface area contributed by atoms with Gasteiger partial charge in [-0.05, 0) is 39.6 Å². The van der Waals surface area contributed by atoms with Crippen molar-refractivity contribution < 1.29 is 0 Å². The summed E-state index contributed by atoms with van der Waals surface area (Å²) in [6, 6.07) is 38.5. The number of aromatic amines is 1. The van der Waals surface area contributed by atoms with Crippen LogP contribution >= 0.6 is 0 Å². The minimum absolute atomic E-state index is 1.14. The van der Waals surface area contributed by atoms with E-state index in [1.807, 2.05) is 0 Å². The van der Waals surface area contributed by atoms with E-state index in [2.05, 4.69) is 114 Å². The number of benzene rings is 4. The summed E-state index contributed by atoms with van der Waals surface area (Å²) >= 11 is 0. The van der Waals surface area contributed by atoms with Gasteiger partial charge in [0, 0.05) is 11.3 Å². The van der Waals surface area contributed by atoms with Crippen molar-refractivity contribution in [2.24, 2.45) is 0 Å². The van der Waals surface area contributed by atoms with Gasteiger partial charge in [-0.1, -0.05) is 97.1 Å². The van der Waals surface area contributed by atoms with Gasteiger partial charge >= 0.3 is 0 Å². The molecule has 1 nitrogen and oxygen atoms in total. The van der Waals surface area contributed by atoms with E-state index in [4.69, 9.17) is 0 Å². The smallest absolute Gasteiger partial charge is 0.0538 e. The molecule has 0 radical (unpaired) electrons. The first-order valence-electron chi connectivity index (χ1n) is 9.21. The minimum Gasteiger partial charge on any atom is -0.354 e. The predicted molar refractivity (Wildman–Crippen MR) is 115 cm³/mol. The molecule has 1 heteroatoms. The van der Waals surface area contributed by atoms with E-state index in [0.717, 1.165) is 11.4 Å². The molecule has 5 rings (SSSR count). The van der Waals surface area contributed by atoms with Crippen LogP contribution in [0, 0.1) is 0 Å². The molecule has 0 atom stereocenters. The molecule has 0 bridgehead atoms. The molecule has 0 aliphatic heterocycles. The zero-order valence-electron chi connectivity index (χ0n) is 14.9. The first kappa shape index (κ1) is 15.7. The second-order valence-corrected chi connectivity index (χ2v) is 6.77. The first-order valence-corrected chi connectivity index (χ1v) is 9.21. The maximum Gasteiger partial charge on any atom is 0.0538 e. The molecule has 0 spiro atoms. The molecule has 0 fully saturated rings. The van der Waals surface area contributed by atoms with Crippen LogP contribution in [0.5, 0.6) is 0 Å². The SMILES string of the molecule is c1ccc(-c2cc(-c3ccc4ccccc4c3)c(-c3ccccc3)[nH]2)cc1. The highest BCUT2D eigenvalue weighted by atomic mass is 14.7. The fraction of sp³-hybridized carbons (Fsp3) is 0. The van der Waals surface area contributed by atoms with Gasteiger partial charge in [0.1, 0.15) is 0 Å². The van der Waals surface area contributed by atoms with E-state index in [-0.39, 0.29) is 0 Å². The number of nitrogens with one attached hydrogen (secondary N) is 1. The topological polar surface area (TPSA) is 15.8 Å². The summed E-state index contributed by atoms with van der Waals surface area (Å²) in [6.07, 6.45) is 0. The van der Waals surface area contributed by atoms with E-state index in [9.17, 15) is 0 Å². The third kappa shape index (κ3) is 2.94. The van der Waals surface area contributed by atoms with Crippen molar-refractivity contribution in [2.45, 2.75) is 0 Å². The quantitative estimate of drug-likeness (QED) is 0.357. The van der Waals surface area contributed by atoms with Crippen LogP contribution in [0.25, 0.3) is 44.4 Å². The highest BCUT2D eigenvalue weighted by Crippen LogP contribution is 2.36. The standard InChI is InChI=1S/C26H19N/c1-3-10-20(11-4-1)25-18-24(26(27-25)21-12-5-2-6-13-21)23-16-15-19-9-7-8-14-22(19)17-23/h1-18,27H. The van der Waals surface area contributed by atoms with Crippen molar-refractivity contribution in [3.8, 4) is 33.6 Å². The molecule has 128 valence electrons. The molecule has 1 N–H and O–H groups in total. The van der Waals surface area contributed by atoms with Gasteiger partial charge in [0.15, 0.2) is 0 Å². The summed E-state index contributed by atoms with van der Waals surface area (Å²) in [4.78, 5) is 3.66. The second kappa shape index (κ2) is 6.62. The molecular weight excluding hydrogens is 326 g/mol. The third-order valence-corrected chi connectivity index (χ3v) is 5.03. The summed E-state index contributed by atoms with van der Waals surface area (Å²) in [6.45, 7) is 0. The van der Waals surface area contributed by atoms with Crippen LogP contribution in [0.2, 0.25) is 0 Å². The van der Waals surface area contributed by atoms with Gasteiger partial charge in [0.25, 0.3) is 0 Å². The fourth-order valence-electron chi connectivity index (χ4n) is 3.64. The second-order valence-electron chi connectivity index (χ2n) is 6.77. The Labute approximate surface area is 158 Å². The molecule has 0 aliphatic rings. The Kier molecular flexibility index (Phi) is 3.84. The van der Waals surface area contributed by atoms with Gasteiger partial charge in [-0.2, -0.15) is 0 Å². The zero-order valence-corrected chi connectivity index (χ0v) is 14.9. The van der Waals surface area contributed by atoms with Crippen LogP contribution in [0.15, 0.2) is 109 Å². The van der Waals surface area contributed by atoms with Crippen molar-refractivity contribution in [1.82, 2.24) is 4.98 Å². The maximum absolute atomic E-state index is 3.66. The lowest BCUT2D eigenvalue weighted by Crippen LogP contribution is -1.83. The fourth-order valence-corrected chi connectivity index (χ4v) is 3.64. The largest absolute Gasteiger partial charge is 0.354 e. The van der Waals surface area contributed by atoms with E-state index >= 15 is 0 Å². The Morgan fingerprint density at radius 3 is 1.81 bits per heavy atom. The predicted octanol–water partition coefficient (Wildman–Crippen LogP) is 7.17. The lowest BCUT2D eigenvalue weighted by atomic mass is 9.98. The number of fused-ring (bicyclic) bond motifs is 1. The Bertz CT molecular complexity index is 1200. The Morgan fingerprint density at radius 2 is 1.07 bits per heavy atom. The van der Waals surface area contributed by atoms with Gasteiger partial charge in [-0.15, -0.1) is 0 Å². The molecule has 4 aromatic carbocycles. The number of hydrogen-bond donors (Lipinski definition) is 1.